The molecule has 29 heavy (non-hydrogen) atoms. The van der Waals surface area contributed by atoms with Gasteiger partial charge in [-0.2, -0.15) is 0 Å². The van der Waals surface area contributed by atoms with Crippen LogP contribution in [-0.4, -0.2) is 11.8 Å². The molecule has 3 aromatic carbocycles. The number of hydrogen-bond donors (Lipinski definition) is 1. The van der Waals surface area contributed by atoms with Crippen LogP contribution in [0.2, 0.25) is 5.02 Å². The van der Waals surface area contributed by atoms with Gasteiger partial charge in [0.1, 0.15) is 5.70 Å². The summed E-state index contributed by atoms with van der Waals surface area (Å²) in [6.07, 6.45) is 0. The third-order valence-electron chi connectivity index (χ3n) is 4.61. The highest BCUT2D eigenvalue weighted by Crippen LogP contribution is 2.36. The zero-order chi connectivity index (χ0) is 20.5. The molecule has 144 valence electrons. The molecule has 3 aromatic rings. The van der Waals surface area contributed by atoms with Gasteiger partial charge >= 0.3 is 0 Å². The van der Waals surface area contributed by atoms with E-state index in [-0.39, 0.29) is 5.70 Å². The molecule has 1 N–H and O–H groups in total. The molecule has 0 radical (unpaired) electrons. The van der Waals surface area contributed by atoms with Crippen LogP contribution >= 0.6 is 27.5 Å². The minimum Gasteiger partial charge on any atom is -0.350 e. The normalized spacial score (nSPS) is 14.0. The average molecular weight is 468 g/mol. The van der Waals surface area contributed by atoms with E-state index in [0.29, 0.717) is 27.5 Å². The van der Waals surface area contributed by atoms with Crippen molar-refractivity contribution < 1.29 is 9.59 Å². The average Bonchev–Trinajstić information content (AvgIpc) is 2.93. The van der Waals surface area contributed by atoms with E-state index in [9.17, 15) is 9.59 Å². The lowest BCUT2D eigenvalue weighted by atomic mass is 10.0. The van der Waals surface area contributed by atoms with Gasteiger partial charge in [0, 0.05) is 10.2 Å². The molecule has 0 aromatic heterocycles. The molecule has 0 fully saturated rings. The highest BCUT2D eigenvalue weighted by molar-refractivity contribution is 9.10. The molecule has 2 amide bonds. The van der Waals surface area contributed by atoms with Crippen molar-refractivity contribution in [3.05, 3.63) is 99.1 Å². The summed E-state index contributed by atoms with van der Waals surface area (Å²) in [4.78, 5) is 27.8. The molecule has 0 unspecified atom stereocenters. The Morgan fingerprint density at radius 3 is 2.31 bits per heavy atom. The SMILES string of the molecule is Cc1ccc(C2=C(Nc3cccc(Br)c3)C(=O)N(c3ccccc3Cl)C2=O)cc1. The molecule has 4 rings (SSSR count). The molecule has 1 aliphatic heterocycles. The first kappa shape index (κ1) is 19.4. The molecular weight excluding hydrogens is 452 g/mol. The van der Waals surface area contributed by atoms with Crippen molar-refractivity contribution in [3.8, 4) is 0 Å². The monoisotopic (exact) mass is 466 g/mol. The van der Waals surface area contributed by atoms with E-state index < -0.39 is 11.8 Å². The molecule has 0 aliphatic carbocycles. The number of benzene rings is 3. The number of carbonyl (C=O) groups is 2. The van der Waals surface area contributed by atoms with Gasteiger partial charge in [-0.15, -0.1) is 0 Å². The second-order valence-corrected chi connectivity index (χ2v) is 7.97. The fourth-order valence-electron chi connectivity index (χ4n) is 3.20. The summed E-state index contributed by atoms with van der Waals surface area (Å²) in [6.45, 7) is 1.97. The fourth-order valence-corrected chi connectivity index (χ4v) is 3.82. The van der Waals surface area contributed by atoms with Gasteiger partial charge < -0.3 is 5.32 Å². The Morgan fingerprint density at radius 2 is 1.62 bits per heavy atom. The lowest BCUT2D eigenvalue weighted by molar-refractivity contribution is -0.120. The third-order valence-corrected chi connectivity index (χ3v) is 5.42. The van der Waals surface area contributed by atoms with Crippen LogP contribution in [0.25, 0.3) is 5.57 Å². The maximum atomic E-state index is 13.4. The molecule has 6 heteroatoms. The van der Waals surface area contributed by atoms with E-state index in [1.165, 1.54) is 0 Å². The van der Waals surface area contributed by atoms with Crippen LogP contribution in [0.3, 0.4) is 0 Å². The van der Waals surface area contributed by atoms with Crippen molar-refractivity contribution >= 4 is 56.3 Å². The lowest BCUT2D eigenvalue weighted by Crippen LogP contribution is -2.32. The van der Waals surface area contributed by atoms with Crippen LogP contribution < -0.4 is 10.2 Å². The molecule has 0 bridgehead atoms. The van der Waals surface area contributed by atoms with Crippen molar-refractivity contribution in [2.75, 3.05) is 10.2 Å². The number of rotatable bonds is 4. The number of carbonyl (C=O) groups excluding carboxylic acids is 2. The highest BCUT2D eigenvalue weighted by atomic mass is 79.9. The van der Waals surface area contributed by atoms with Gasteiger partial charge in [-0.1, -0.05) is 75.6 Å². The highest BCUT2D eigenvalue weighted by Gasteiger charge is 2.41. The number of anilines is 2. The van der Waals surface area contributed by atoms with E-state index >= 15 is 0 Å². The van der Waals surface area contributed by atoms with E-state index in [4.69, 9.17) is 11.6 Å². The molecule has 1 aliphatic rings. The second kappa shape index (κ2) is 7.85. The summed E-state index contributed by atoms with van der Waals surface area (Å²) in [5.41, 5.74) is 3.32. The van der Waals surface area contributed by atoms with Gasteiger partial charge in [-0.25, -0.2) is 4.90 Å². The molecule has 0 atom stereocenters. The van der Waals surface area contributed by atoms with Gasteiger partial charge in [0.05, 0.1) is 16.3 Å². The summed E-state index contributed by atoms with van der Waals surface area (Å²) in [5, 5.41) is 3.47. The summed E-state index contributed by atoms with van der Waals surface area (Å²) in [5.74, 6) is -0.858. The first-order chi connectivity index (χ1) is 14.0. The molecule has 0 spiro atoms. The maximum absolute atomic E-state index is 13.4. The number of imide groups is 1. The zero-order valence-electron chi connectivity index (χ0n) is 15.4. The summed E-state index contributed by atoms with van der Waals surface area (Å²) in [6, 6.07) is 21.7. The summed E-state index contributed by atoms with van der Waals surface area (Å²) in [7, 11) is 0. The summed E-state index contributed by atoms with van der Waals surface area (Å²) < 4.78 is 0.861. The van der Waals surface area contributed by atoms with Crippen molar-refractivity contribution in [3.63, 3.8) is 0 Å². The van der Waals surface area contributed by atoms with Crippen molar-refractivity contribution in [1.82, 2.24) is 0 Å². The standard InChI is InChI=1S/C23H16BrClN2O2/c1-14-9-11-15(12-10-14)20-21(26-17-6-4-5-16(24)13-17)23(29)27(22(20)28)19-8-3-2-7-18(19)25/h2-13,26H,1H3. The Morgan fingerprint density at radius 1 is 0.897 bits per heavy atom. The Balaban J connectivity index is 1.85. The predicted octanol–water partition coefficient (Wildman–Crippen LogP) is 5.81. The van der Waals surface area contributed by atoms with Crippen LogP contribution in [0.5, 0.6) is 0 Å². The van der Waals surface area contributed by atoms with E-state index in [2.05, 4.69) is 21.2 Å². The first-order valence-electron chi connectivity index (χ1n) is 8.93. The predicted molar refractivity (Wildman–Crippen MR) is 120 cm³/mol. The molecule has 0 saturated carbocycles. The zero-order valence-corrected chi connectivity index (χ0v) is 17.8. The Hall–Kier alpha value is -2.89. The Bertz CT molecular complexity index is 1160. The summed E-state index contributed by atoms with van der Waals surface area (Å²) >= 11 is 9.72. The first-order valence-corrected chi connectivity index (χ1v) is 10.1. The van der Waals surface area contributed by atoms with Crippen LogP contribution in [0.1, 0.15) is 11.1 Å². The van der Waals surface area contributed by atoms with E-state index in [0.717, 1.165) is 14.9 Å². The number of amides is 2. The third kappa shape index (κ3) is 3.71. The minimum atomic E-state index is -0.446. The Labute approximate surface area is 181 Å². The Kier molecular flexibility index (Phi) is 5.26. The second-order valence-electron chi connectivity index (χ2n) is 6.65. The van der Waals surface area contributed by atoms with E-state index in [1.54, 1.807) is 24.3 Å². The van der Waals surface area contributed by atoms with Crippen molar-refractivity contribution in [2.45, 2.75) is 6.92 Å². The smallest absolute Gasteiger partial charge is 0.282 e. The number of nitrogens with zero attached hydrogens (tertiary/aromatic N) is 1. The van der Waals surface area contributed by atoms with Gasteiger partial charge in [-0.3, -0.25) is 9.59 Å². The molecule has 1 heterocycles. The van der Waals surface area contributed by atoms with Crippen LogP contribution in [0.4, 0.5) is 11.4 Å². The van der Waals surface area contributed by atoms with Crippen LogP contribution in [-0.2, 0) is 9.59 Å². The fraction of sp³-hybridized carbons (Fsp3) is 0.0435. The molecular formula is C23H16BrClN2O2. The van der Waals surface area contributed by atoms with Crippen molar-refractivity contribution in [2.24, 2.45) is 0 Å². The van der Waals surface area contributed by atoms with Gasteiger partial charge in [-0.05, 0) is 42.8 Å². The maximum Gasteiger partial charge on any atom is 0.282 e. The van der Waals surface area contributed by atoms with Gasteiger partial charge in [0.25, 0.3) is 11.8 Å². The van der Waals surface area contributed by atoms with Crippen LogP contribution in [0.15, 0.2) is 83.0 Å². The number of para-hydroxylation sites is 1. The largest absolute Gasteiger partial charge is 0.350 e. The number of nitrogens with one attached hydrogen (secondary N) is 1. The molecule has 0 saturated heterocycles. The van der Waals surface area contributed by atoms with Gasteiger partial charge in [0.15, 0.2) is 0 Å². The van der Waals surface area contributed by atoms with Crippen molar-refractivity contribution in [1.29, 1.82) is 0 Å². The van der Waals surface area contributed by atoms with Crippen LogP contribution in [0, 0.1) is 6.92 Å². The topological polar surface area (TPSA) is 49.4 Å². The van der Waals surface area contributed by atoms with Gasteiger partial charge in [0.2, 0.25) is 0 Å². The number of hydrogen-bond acceptors (Lipinski definition) is 3. The molecule has 4 nitrogen and oxygen atoms in total. The lowest BCUT2D eigenvalue weighted by Gasteiger charge is -2.16. The number of aryl methyl sites for hydroxylation is 1. The van der Waals surface area contributed by atoms with E-state index in [1.807, 2.05) is 55.5 Å². The quantitative estimate of drug-likeness (QED) is 0.493. The minimum absolute atomic E-state index is 0.219. The number of halogens is 2.